The fourth-order valence-electron chi connectivity index (χ4n) is 2.57. The molecule has 1 aromatic heterocycles. The molecule has 0 atom stereocenters. The van der Waals surface area contributed by atoms with Crippen LogP contribution in [0.1, 0.15) is 41.7 Å². The lowest BCUT2D eigenvalue weighted by molar-refractivity contribution is -0.123. The molecular formula is C13H19N3O3S. The molecule has 20 heavy (non-hydrogen) atoms. The average Bonchev–Trinajstić information content (AvgIpc) is 2.80. The molecule has 1 aliphatic rings. The number of nitrogens with zero attached hydrogens (tertiary/aromatic N) is 2. The van der Waals surface area contributed by atoms with Crippen LogP contribution in [0, 0.1) is 12.8 Å². The van der Waals surface area contributed by atoms with Crippen molar-refractivity contribution in [2.75, 3.05) is 11.9 Å². The largest absolute Gasteiger partial charge is 0.478 e. The number of anilines is 1. The maximum absolute atomic E-state index is 12.5. The van der Waals surface area contributed by atoms with Crippen molar-refractivity contribution in [1.29, 1.82) is 0 Å². The van der Waals surface area contributed by atoms with E-state index >= 15 is 0 Å². The molecule has 0 unspecified atom stereocenters. The van der Waals surface area contributed by atoms with E-state index in [-0.39, 0.29) is 23.4 Å². The van der Waals surface area contributed by atoms with Gasteiger partial charge in [0.05, 0.1) is 5.69 Å². The predicted molar refractivity (Wildman–Crippen MR) is 77.2 cm³/mol. The first kappa shape index (κ1) is 14.9. The molecule has 3 N–H and O–H groups in total. The highest BCUT2D eigenvalue weighted by atomic mass is 32.1. The highest BCUT2D eigenvalue weighted by molar-refractivity contribution is 7.11. The van der Waals surface area contributed by atoms with Gasteiger partial charge in [0.25, 0.3) is 0 Å². The van der Waals surface area contributed by atoms with Crippen molar-refractivity contribution in [3.8, 4) is 0 Å². The van der Waals surface area contributed by atoms with Crippen LogP contribution in [0.4, 0.5) is 5.00 Å². The molecule has 1 aromatic rings. The molecule has 1 amide bonds. The maximum atomic E-state index is 12.5. The third kappa shape index (κ3) is 2.83. The number of nitrogens with two attached hydrogens (primary N) is 1. The van der Waals surface area contributed by atoms with E-state index in [0.717, 1.165) is 37.2 Å². The Morgan fingerprint density at radius 1 is 1.35 bits per heavy atom. The summed E-state index contributed by atoms with van der Waals surface area (Å²) in [6.07, 6.45) is 3.23. The number of carboxylic acids is 1. The minimum absolute atomic E-state index is 0.0388. The molecule has 7 heteroatoms. The normalized spacial score (nSPS) is 22.6. The van der Waals surface area contributed by atoms with Crippen LogP contribution in [-0.2, 0) is 4.79 Å². The van der Waals surface area contributed by atoms with Crippen LogP contribution in [0.3, 0.4) is 0 Å². The molecule has 0 saturated heterocycles. The van der Waals surface area contributed by atoms with Crippen molar-refractivity contribution in [3.05, 3.63) is 11.3 Å². The summed E-state index contributed by atoms with van der Waals surface area (Å²) in [5.41, 5.74) is 6.41. The predicted octanol–water partition coefficient (Wildman–Crippen LogP) is 1.63. The number of carboxylic acid groups (broad SMARTS) is 1. The average molecular weight is 297 g/mol. The van der Waals surface area contributed by atoms with Crippen LogP contribution in [0.25, 0.3) is 0 Å². The maximum Gasteiger partial charge on any atom is 0.340 e. The van der Waals surface area contributed by atoms with Crippen LogP contribution < -0.4 is 10.6 Å². The number of hydrogen-bond acceptors (Lipinski definition) is 5. The van der Waals surface area contributed by atoms with Crippen molar-refractivity contribution >= 4 is 28.4 Å². The van der Waals surface area contributed by atoms with Gasteiger partial charge in [-0.3, -0.25) is 4.79 Å². The Kier molecular flexibility index (Phi) is 4.39. The van der Waals surface area contributed by atoms with Crippen LogP contribution in [0.2, 0.25) is 0 Å². The fourth-order valence-corrected chi connectivity index (χ4v) is 3.43. The summed E-state index contributed by atoms with van der Waals surface area (Å²) in [7, 11) is 1.62. The molecule has 1 aliphatic carbocycles. The van der Waals surface area contributed by atoms with E-state index in [0.29, 0.717) is 10.7 Å². The summed E-state index contributed by atoms with van der Waals surface area (Å²) in [6.45, 7) is 1.64. The van der Waals surface area contributed by atoms with Crippen LogP contribution in [0.5, 0.6) is 0 Å². The van der Waals surface area contributed by atoms with Gasteiger partial charge in [-0.1, -0.05) is 0 Å². The minimum atomic E-state index is -1.04. The van der Waals surface area contributed by atoms with Crippen molar-refractivity contribution in [2.24, 2.45) is 11.7 Å². The Morgan fingerprint density at radius 2 is 1.95 bits per heavy atom. The molecular weight excluding hydrogens is 278 g/mol. The van der Waals surface area contributed by atoms with E-state index in [1.807, 2.05) is 0 Å². The Morgan fingerprint density at radius 3 is 2.50 bits per heavy atom. The first-order chi connectivity index (χ1) is 9.41. The van der Waals surface area contributed by atoms with Gasteiger partial charge in [0.15, 0.2) is 0 Å². The zero-order valence-electron chi connectivity index (χ0n) is 11.6. The van der Waals surface area contributed by atoms with Gasteiger partial charge < -0.3 is 15.7 Å². The van der Waals surface area contributed by atoms with Crippen molar-refractivity contribution < 1.29 is 14.7 Å². The van der Waals surface area contributed by atoms with Gasteiger partial charge >= 0.3 is 5.97 Å². The lowest BCUT2D eigenvalue weighted by atomic mass is 9.85. The summed E-state index contributed by atoms with van der Waals surface area (Å²) in [6, 6.07) is 0.185. The molecule has 2 rings (SSSR count). The highest BCUT2D eigenvalue weighted by Crippen LogP contribution is 2.31. The molecule has 0 bridgehead atoms. The Bertz CT molecular complexity index is 521. The minimum Gasteiger partial charge on any atom is -0.478 e. The Labute approximate surface area is 121 Å². The first-order valence-electron chi connectivity index (χ1n) is 6.64. The Hall–Kier alpha value is -1.47. The van der Waals surface area contributed by atoms with Gasteiger partial charge in [0.2, 0.25) is 5.91 Å². The lowest BCUT2D eigenvalue weighted by Crippen LogP contribution is -2.37. The number of aromatic carboxylic acids is 1. The van der Waals surface area contributed by atoms with Crippen molar-refractivity contribution in [3.63, 3.8) is 0 Å². The monoisotopic (exact) mass is 297 g/mol. The second-order valence-electron chi connectivity index (χ2n) is 5.26. The fraction of sp³-hybridized carbons (Fsp3) is 0.615. The van der Waals surface area contributed by atoms with Crippen LogP contribution in [-0.4, -0.2) is 34.4 Å². The molecule has 1 heterocycles. The van der Waals surface area contributed by atoms with E-state index in [9.17, 15) is 14.7 Å². The van der Waals surface area contributed by atoms with Gasteiger partial charge in [-0.2, -0.15) is 4.37 Å². The third-order valence-electron chi connectivity index (χ3n) is 3.81. The molecule has 0 spiro atoms. The molecule has 0 radical (unpaired) electrons. The zero-order valence-corrected chi connectivity index (χ0v) is 12.4. The number of aromatic nitrogens is 1. The number of hydrogen-bond donors (Lipinski definition) is 2. The van der Waals surface area contributed by atoms with Crippen molar-refractivity contribution in [2.45, 2.75) is 38.6 Å². The topological polar surface area (TPSA) is 96.5 Å². The third-order valence-corrected chi connectivity index (χ3v) is 4.83. The molecule has 1 fully saturated rings. The van der Waals surface area contributed by atoms with E-state index in [1.54, 1.807) is 14.0 Å². The summed E-state index contributed by atoms with van der Waals surface area (Å²) < 4.78 is 4.05. The summed E-state index contributed by atoms with van der Waals surface area (Å²) in [5.74, 6) is -1.15. The van der Waals surface area contributed by atoms with E-state index in [2.05, 4.69) is 4.37 Å². The number of aryl methyl sites for hydroxylation is 1. The first-order valence-corrected chi connectivity index (χ1v) is 7.41. The molecule has 0 aliphatic heterocycles. The number of rotatable bonds is 3. The second-order valence-corrected chi connectivity index (χ2v) is 6.01. The van der Waals surface area contributed by atoms with E-state index in [1.165, 1.54) is 4.90 Å². The number of carbonyl (C=O) groups is 2. The van der Waals surface area contributed by atoms with E-state index in [4.69, 9.17) is 5.73 Å². The van der Waals surface area contributed by atoms with Gasteiger partial charge in [-0.25, -0.2) is 4.79 Å². The molecule has 6 nitrogen and oxygen atoms in total. The SMILES string of the molecule is Cc1nsc(N(C)C(=O)C2CCC(N)CC2)c1C(=O)O. The molecule has 110 valence electrons. The smallest absolute Gasteiger partial charge is 0.340 e. The zero-order chi connectivity index (χ0) is 14.9. The Balaban J connectivity index is 2.17. The van der Waals surface area contributed by atoms with Crippen LogP contribution in [0.15, 0.2) is 0 Å². The molecule has 1 saturated carbocycles. The summed E-state index contributed by atoms with van der Waals surface area (Å²) in [4.78, 5) is 25.2. The standard InChI is InChI=1S/C13H19N3O3S/c1-7-10(13(18)19)12(20-15-7)16(2)11(17)8-3-5-9(14)6-4-8/h8-9H,3-6,14H2,1-2H3,(H,18,19). The quantitative estimate of drug-likeness (QED) is 0.884. The van der Waals surface area contributed by atoms with Crippen LogP contribution >= 0.6 is 11.5 Å². The summed E-state index contributed by atoms with van der Waals surface area (Å²) >= 11 is 1.06. The van der Waals surface area contributed by atoms with Gasteiger partial charge in [-0.05, 0) is 44.1 Å². The molecule has 0 aromatic carbocycles. The summed E-state index contributed by atoms with van der Waals surface area (Å²) in [5, 5.41) is 9.64. The van der Waals surface area contributed by atoms with Gasteiger partial charge in [-0.15, -0.1) is 0 Å². The van der Waals surface area contributed by atoms with Gasteiger partial charge in [0, 0.05) is 19.0 Å². The number of amides is 1. The van der Waals surface area contributed by atoms with Crippen molar-refractivity contribution in [1.82, 2.24) is 4.37 Å². The lowest BCUT2D eigenvalue weighted by Gasteiger charge is -2.28. The van der Waals surface area contributed by atoms with E-state index < -0.39 is 5.97 Å². The second kappa shape index (κ2) is 5.88. The van der Waals surface area contributed by atoms with Gasteiger partial charge in [0.1, 0.15) is 10.6 Å². The highest BCUT2D eigenvalue weighted by Gasteiger charge is 2.30. The number of carbonyl (C=O) groups excluding carboxylic acids is 1.